The zero-order valence-electron chi connectivity index (χ0n) is 12.9. The van der Waals surface area contributed by atoms with Crippen molar-refractivity contribution in [1.82, 2.24) is 0 Å². The molecule has 0 saturated heterocycles. The van der Waals surface area contributed by atoms with Crippen LogP contribution in [0.5, 0.6) is 0 Å². The van der Waals surface area contributed by atoms with Crippen molar-refractivity contribution in [3.05, 3.63) is 43.4 Å². The molecule has 0 aliphatic carbocycles. The smallest absolute Gasteiger partial charge is 0.0169 e. The van der Waals surface area contributed by atoms with E-state index < -0.39 is 0 Å². The van der Waals surface area contributed by atoms with E-state index in [1.165, 1.54) is 44.9 Å². The molecule has 0 bridgehead atoms. The number of unbranched alkanes of at least 4 members (excludes halogenated alkanes) is 7. The van der Waals surface area contributed by atoms with E-state index in [0.717, 1.165) is 25.7 Å². The van der Waals surface area contributed by atoms with Gasteiger partial charge in [-0.15, -0.1) is 0 Å². The van der Waals surface area contributed by atoms with Crippen molar-refractivity contribution >= 4 is 0 Å². The highest BCUT2D eigenvalue weighted by Gasteiger charge is 1.88. The van der Waals surface area contributed by atoms with Crippen molar-refractivity contribution in [3.8, 4) is 0 Å². The molecule has 0 heterocycles. The number of hydrogen-bond acceptors (Lipinski definition) is 0. The SMILES string of the molecule is [CH2]CCCCCCCCC=CCC=CCC=CCC. The first-order valence-corrected chi connectivity index (χ1v) is 8.16. The monoisotopic (exact) mass is 261 g/mol. The Balaban J connectivity index is 3.19. The Labute approximate surface area is 121 Å². The molecule has 19 heavy (non-hydrogen) atoms. The summed E-state index contributed by atoms with van der Waals surface area (Å²) in [6.07, 6.45) is 27.5. The van der Waals surface area contributed by atoms with Gasteiger partial charge in [-0.25, -0.2) is 0 Å². The Hall–Kier alpha value is -0.780. The molecule has 0 nitrogen and oxygen atoms in total. The van der Waals surface area contributed by atoms with E-state index in [0.29, 0.717) is 0 Å². The summed E-state index contributed by atoms with van der Waals surface area (Å²) in [6.45, 7) is 6.04. The van der Waals surface area contributed by atoms with E-state index >= 15 is 0 Å². The first kappa shape index (κ1) is 18.2. The molecule has 0 amide bonds. The maximum absolute atomic E-state index is 3.87. The van der Waals surface area contributed by atoms with Gasteiger partial charge in [-0.2, -0.15) is 0 Å². The van der Waals surface area contributed by atoms with Crippen LogP contribution in [0.4, 0.5) is 0 Å². The van der Waals surface area contributed by atoms with Crippen LogP contribution in [-0.2, 0) is 0 Å². The molecule has 0 heteroatoms. The minimum atomic E-state index is 1.08. The second-order valence-corrected chi connectivity index (χ2v) is 5.06. The van der Waals surface area contributed by atoms with Crippen LogP contribution in [0.25, 0.3) is 0 Å². The highest BCUT2D eigenvalue weighted by atomic mass is 13.9. The maximum Gasteiger partial charge on any atom is -0.0169 e. The van der Waals surface area contributed by atoms with Gasteiger partial charge in [0.05, 0.1) is 0 Å². The highest BCUT2D eigenvalue weighted by molar-refractivity contribution is 4.96. The Kier molecular flexibility index (Phi) is 16.5. The van der Waals surface area contributed by atoms with Gasteiger partial charge < -0.3 is 0 Å². The molecule has 0 N–H and O–H groups in total. The largest absolute Gasteiger partial charge is 0.0885 e. The van der Waals surface area contributed by atoms with E-state index in [2.05, 4.69) is 50.3 Å². The summed E-state index contributed by atoms with van der Waals surface area (Å²) in [4.78, 5) is 0. The third-order valence-corrected chi connectivity index (χ3v) is 3.15. The summed E-state index contributed by atoms with van der Waals surface area (Å²) in [6, 6.07) is 0. The fraction of sp³-hybridized carbons (Fsp3) is 0.632. The van der Waals surface area contributed by atoms with E-state index in [1.807, 2.05) is 0 Å². The van der Waals surface area contributed by atoms with Crippen LogP contribution in [0, 0.1) is 6.92 Å². The Morgan fingerprint density at radius 2 is 1.16 bits per heavy atom. The van der Waals surface area contributed by atoms with E-state index in [-0.39, 0.29) is 0 Å². The van der Waals surface area contributed by atoms with Crippen LogP contribution in [0.3, 0.4) is 0 Å². The lowest BCUT2D eigenvalue weighted by molar-refractivity contribution is 0.599. The van der Waals surface area contributed by atoms with E-state index in [9.17, 15) is 0 Å². The van der Waals surface area contributed by atoms with Crippen LogP contribution in [-0.4, -0.2) is 0 Å². The Morgan fingerprint density at radius 3 is 1.79 bits per heavy atom. The van der Waals surface area contributed by atoms with Crippen molar-refractivity contribution < 1.29 is 0 Å². The molecule has 0 aliphatic heterocycles. The third-order valence-electron chi connectivity index (χ3n) is 3.15. The summed E-state index contributed by atoms with van der Waals surface area (Å²) in [7, 11) is 0. The molecule has 0 saturated carbocycles. The topological polar surface area (TPSA) is 0 Å². The molecule has 0 aromatic carbocycles. The fourth-order valence-electron chi connectivity index (χ4n) is 1.97. The predicted octanol–water partition coefficient (Wildman–Crippen LogP) is 6.80. The Bertz CT molecular complexity index is 232. The molecule has 0 aromatic heterocycles. The number of rotatable bonds is 13. The number of hydrogen-bond donors (Lipinski definition) is 0. The summed E-state index contributed by atoms with van der Waals surface area (Å²) in [5.41, 5.74) is 0. The van der Waals surface area contributed by atoms with Gasteiger partial charge in [0.2, 0.25) is 0 Å². The molecule has 1 radical (unpaired) electrons. The summed E-state index contributed by atoms with van der Waals surface area (Å²) >= 11 is 0. The van der Waals surface area contributed by atoms with Gasteiger partial charge in [0, 0.05) is 0 Å². The molecule has 0 fully saturated rings. The van der Waals surface area contributed by atoms with Gasteiger partial charge in [0.15, 0.2) is 0 Å². The van der Waals surface area contributed by atoms with Crippen molar-refractivity contribution in [2.45, 2.75) is 77.6 Å². The first-order valence-electron chi connectivity index (χ1n) is 8.16. The lowest BCUT2D eigenvalue weighted by atomic mass is 10.1. The highest BCUT2D eigenvalue weighted by Crippen LogP contribution is 2.08. The quantitative estimate of drug-likeness (QED) is 0.252. The standard InChI is InChI=1S/C19H33/c1-3-5-7-9-11-13-15-17-19-18-16-14-12-10-8-6-4-2/h6,8,12,14,18-19H,1,3-5,7,9-11,13,15-17H2,2H3. The second-order valence-electron chi connectivity index (χ2n) is 5.06. The zero-order chi connectivity index (χ0) is 14.0. The molecular formula is C19H33. The molecular weight excluding hydrogens is 228 g/mol. The van der Waals surface area contributed by atoms with Crippen molar-refractivity contribution in [2.24, 2.45) is 0 Å². The third kappa shape index (κ3) is 17.2. The van der Waals surface area contributed by atoms with Crippen LogP contribution in [0.15, 0.2) is 36.5 Å². The molecule has 0 unspecified atom stereocenters. The lowest BCUT2D eigenvalue weighted by Gasteiger charge is -1.98. The fourth-order valence-corrected chi connectivity index (χ4v) is 1.97. The minimum absolute atomic E-state index is 1.08. The number of allylic oxidation sites excluding steroid dienone is 6. The predicted molar refractivity (Wildman–Crippen MR) is 89.2 cm³/mol. The van der Waals surface area contributed by atoms with Crippen LogP contribution in [0.2, 0.25) is 0 Å². The first-order chi connectivity index (χ1) is 9.41. The maximum atomic E-state index is 3.87. The molecule has 0 atom stereocenters. The van der Waals surface area contributed by atoms with Gasteiger partial charge in [0.1, 0.15) is 0 Å². The van der Waals surface area contributed by atoms with Gasteiger partial charge in [-0.1, -0.05) is 88.8 Å². The average molecular weight is 261 g/mol. The van der Waals surface area contributed by atoms with Crippen molar-refractivity contribution in [3.63, 3.8) is 0 Å². The van der Waals surface area contributed by atoms with E-state index in [1.54, 1.807) is 0 Å². The molecule has 0 aromatic rings. The Morgan fingerprint density at radius 1 is 0.632 bits per heavy atom. The van der Waals surface area contributed by atoms with Gasteiger partial charge >= 0.3 is 0 Å². The second kappa shape index (κ2) is 17.2. The zero-order valence-corrected chi connectivity index (χ0v) is 12.9. The van der Waals surface area contributed by atoms with Gasteiger partial charge in [0.25, 0.3) is 0 Å². The van der Waals surface area contributed by atoms with Crippen LogP contribution < -0.4 is 0 Å². The molecule has 0 rings (SSSR count). The van der Waals surface area contributed by atoms with Gasteiger partial charge in [-0.3, -0.25) is 0 Å². The minimum Gasteiger partial charge on any atom is -0.0885 e. The van der Waals surface area contributed by atoms with Crippen molar-refractivity contribution in [1.29, 1.82) is 0 Å². The summed E-state index contributed by atoms with van der Waals surface area (Å²) in [5, 5.41) is 0. The van der Waals surface area contributed by atoms with Crippen LogP contribution in [0.1, 0.15) is 77.6 Å². The van der Waals surface area contributed by atoms with Crippen LogP contribution >= 0.6 is 0 Å². The summed E-state index contributed by atoms with van der Waals surface area (Å²) in [5.74, 6) is 0. The van der Waals surface area contributed by atoms with Crippen molar-refractivity contribution in [2.75, 3.05) is 0 Å². The molecule has 0 aliphatic rings. The van der Waals surface area contributed by atoms with E-state index in [4.69, 9.17) is 0 Å². The normalized spacial score (nSPS) is 12.3. The molecule has 109 valence electrons. The average Bonchev–Trinajstić information content (AvgIpc) is 2.43. The molecule has 0 spiro atoms. The van der Waals surface area contributed by atoms with Gasteiger partial charge in [-0.05, 0) is 32.1 Å². The lowest BCUT2D eigenvalue weighted by Crippen LogP contribution is -1.78. The summed E-state index contributed by atoms with van der Waals surface area (Å²) < 4.78 is 0.